The molecule has 0 amide bonds. The standard InChI is InChI=1S/C20H31NO2/c22-19-5-11-1-13(7-19)17(14(2-11)8-19)21-18-15-3-12-4-16(18)10-20(23,6-12)9-15/h11-18,21-23H,1-10H2/t11?,12?,13-,14-,15-,16-,17?,18?,19?,20?/m0/s1. The number of aliphatic hydroxyl groups is 2. The summed E-state index contributed by atoms with van der Waals surface area (Å²) in [5, 5.41) is 25.8. The van der Waals surface area contributed by atoms with Crippen LogP contribution in [0.1, 0.15) is 64.2 Å². The Kier molecular flexibility index (Phi) is 2.66. The largest absolute Gasteiger partial charge is 0.390 e. The smallest absolute Gasteiger partial charge is 0.0657 e. The summed E-state index contributed by atoms with van der Waals surface area (Å²) in [5.74, 6) is 4.46. The maximum absolute atomic E-state index is 10.8. The summed E-state index contributed by atoms with van der Waals surface area (Å²) < 4.78 is 0. The van der Waals surface area contributed by atoms with E-state index in [4.69, 9.17) is 0 Å². The summed E-state index contributed by atoms with van der Waals surface area (Å²) in [5.41, 5.74) is -0.623. The van der Waals surface area contributed by atoms with Gasteiger partial charge in [0.1, 0.15) is 0 Å². The molecule has 0 radical (unpaired) electrons. The average molecular weight is 317 g/mol. The van der Waals surface area contributed by atoms with Crippen LogP contribution >= 0.6 is 0 Å². The number of hydrogen-bond donors (Lipinski definition) is 3. The lowest BCUT2D eigenvalue weighted by Gasteiger charge is -2.62. The highest BCUT2D eigenvalue weighted by Gasteiger charge is 2.58. The van der Waals surface area contributed by atoms with Gasteiger partial charge in [-0.2, -0.15) is 0 Å². The van der Waals surface area contributed by atoms with Crippen molar-refractivity contribution in [2.45, 2.75) is 87.5 Å². The SMILES string of the molecule is OC12CC3C[C@@H](C1)C(NC1[C@H]4CC5C[C@H]1CC(O)(C5)C4)[C@@H](C3)C2. The molecular formula is C20H31NO2. The molecule has 0 aliphatic heterocycles. The van der Waals surface area contributed by atoms with Crippen LogP contribution in [0.5, 0.6) is 0 Å². The van der Waals surface area contributed by atoms with Gasteiger partial charge in [-0.15, -0.1) is 0 Å². The van der Waals surface area contributed by atoms with Crippen molar-refractivity contribution in [3.05, 3.63) is 0 Å². The Bertz CT molecular complexity index is 456. The molecule has 8 saturated carbocycles. The van der Waals surface area contributed by atoms with E-state index in [2.05, 4.69) is 5.32 Å². The minimum Gasteiger partial charge on any atom is -0.390 e. The molecule has 0 aromatic carbocycles. The van der Waals surface area contributed by atoms with Gasteiger partial charge in [0.25, 0.3) is 0 Å². The number of hydrogen-bond acceptors (Lipinski definition) is 3. The van der Waals surface area contributed by atoms with Gasteiger partial charge in [-0.3, -0.25) is 0 Å². The van der Waals surface area contributed by atoms with E-state index in [0.717, 1.165) is 50.4 Å². The van der Waals surface area contributed by atoms with Crippen LogP contribution in [0.2, 0.25) is 0 Å². The second kappa shape index (κ2) is 4.34. The Morgan fingerprint density at radius 3 is 1.22 bits per heavy atom. The van der Waals surface area contributed by atoms with E-state index >= 15 is 0 Å². The molecule has 3 heteroatoms. The van der Waals surface area contributed by atoms with Crippen molar-refractivity contribution < 1.29 is 10.2 Å². The van der Waals surface area contributed by atoms with Crippen LogP contribution in [0.15, 0.2) is 0 Å². The second-order valence-electron chi connectivity index (χ2n) is 10.6. The monoisotopic (exact) mass is 317 g/mol. The summed E-state index contributed by atoms with van der Waals surface area (Å²) in [4.78, 5) is 0. The lowest BCUT2D eigenvalue weighted by atomic mass is 9.50. The number of nitrogens with one attached hydrogen (secondary N) is 1. The molecule has 0 spiro atoms. The fraction of sp³-hybridized carbons (Fsp3) is 1.00. The second-order valence-corrected chi connectivity index (χ2v) is 10.6. The highest BCUT2D eigenvalue weighted by molar-refractivity contribution is 5.12. The predicted molar refractivity (Wildman–Crippen MR) is 87.7 cm³/mol. The quantitative estimate of drug-likeness (QED) is 0.733. The first-order valence-electron chi connectivity index (χ1n) is 10.2. The Morgan fingerprint density at radius 2 is 0.913 bits per heavy atom. The van der Waals surface area contributed by atoms with Crippen molar-refractivity contribution in [1.82, 2.24) is 5.32 Å². The predicted octanol–water partition coefficient (Wildman–Crippen LogP) is 2.46. The summed E-state index contributed by atoms with van der Waals surface area (Å²) in [6.07, 6.45) is 11.8. The van der Waals surface area contributed by atoms with E-state index in [-0.39, 0.29) is 11.2 Å². The zero-order chi connectivity index (χ0) is 15.4. The maximum atomic E-state index is 10.8. The molecule has 128 valence electrons. The fourth-order valence-corrected chi connectivity index (χ4v) is 8.73. The van der Waals surface area contributed by atoms with Crippen LogP contribution in [0.3, 0.4) is 0 Å². The van der Waals surface area contributed by atoms with Crippen molar-refractivity contribution in [2.75, 3.05) is 0 Å². The van der Waals surface area contributed by atoms with Crippen molar-refractivity contribution in [2.24, 2.45) is 35.5 Å². The van der Waals surface area contributed by atoms with E-state index in [0.29, 0.717) is 35.8 Å². The van der Waals surface area contributed by atoms with Gasteiger partial charge < -0.3 is 15.5 Å². The number of rotatable bonds is 2. The summed E-state index contributed by atoms with van der Waals surface area (Å²) in [7, 11) is 0. The topological polar surface area (TPSA) is 52.5 Å². The third kappa shape index (κ3) is 1.99. The van der Waals surface area contributed by atoms with Gasteiger partial charge >= 0.3 is 0 Å². The van der Waals surface area contributed by atoms with Crippen LogP contribution in [0.25, 0.3) is 0 Å². The molecule has 8 bridgehead atoms. The molecule has 4 atom stereocenters. The highest BCUT2D eigenvalue weighted by atomic mass is 16.3. The van der Waals surface area contributed by atoms with Crippen LogP contribution in [0.4, 0.5) is 0 Å². The van der Waals surface area contributed by atoms with Gasteiger partial charge in [-0.05, 0) is 99.7 Å². The first-order chi connectivity index (χ1) is 11.0. The maximum Gasteiger partial charge on any atom is 0.0657 e. The molecule has 3 nitrogen and oxygen atoms in total. The van der Waals surface area contributed by atoms with Crippen molar-refractivity contribution >= 4 is 0 Å². The average Bonchev–Trinajstić information content (AvgIpc) is 2.41. The third-order valence-corrected chi connectivity index (χ3v) is 8.87. The van der Waals surface area contributed by atoms with Crippen LogP contribution < -0.4 is 5.32 Å². The van der Waals surface area contributed by atoms with Gasteiger partial charge in [0.2, 0.25) is 0 Å². The minimum absolute atomic E-state index is 0.312. The van der Waals surface area contributed by atoms with Crippen LogP contribution in [0, 0.1) is 35.5 Å². The zero-order valence-corrected chi connectivity index (χ0v) is 14.1. The van der Waals surface area contributed by atoms with Gasteiger partial charge in [-0.25, -0.2) is 0 Å². The van der Waals surface area contributed by atoms with Crippen molar-refractivity contribution in [1.29, 1.82) is 0 Å². The molecule has 8 fully saturated rings. The van der Waals surface area contributed by atoms with Crippen molar-refractivity contribution in [3.8, 4) is 0 Å². The minimum atomic E-state index is -0.312. The molecule has 0 unspecified atom stereocenters. The molecule has 8 aliphatic rings. The lowest BCUT2D eigenvalue weighted by molar-refractivity contribution is -0.161. The van der Waals surface area contributed by atoms with Crippen LogP contribution in [-0.4, -0.2) is 33.5 Å². The first-order valence-corrected chi connectivity index (χ1v) is 10.2. The Balaban J connectivity index is 1.24. The van der Waals surface area contributed by atoms with E-state index in [1.54, 1.807) is 0 Å². The Labute approximate surface area is 139 Å². The Morgan fingerprint density at radius 1 is 0.565 bits per heavy atom. The van der Waals surface area contributed by atoms with Crippen molar-refractivity contribution in [3.63, 3.8) is 0 Å². The molecule has 8 rings (SSSR count). The molecule has 3 N–H and O–H groups in total. The Hall–Kier alpha value is -0.120. The van der Waals surface area contributed by atoms with E-state index in [1.165, 1.54) is 25.7 Å². The fourth-order valence-electron chi connectivity index (χ4n) is 8.73. The first kappa shape index (κ1) is 14.1. The van der Waals surface area contributed by atoms with Gasteiger partial charge in [0.15, 0.2) is 0 Å². The summed E-state index contributed by atoms with van der Waals surface area (Å²) in [6.45, 7) is 0. The molecular weight excluding hydrogens is 286 g/mol. The normalized spacial score (nSPS) is 65.5. The summed E-state index contributed by atoms with van der Waals surface area (Å²) >= 11 is 0. The van der Waals surface area contributed by atoms with Gasteiger partial charge in [0, 0.05) is 12.1 Å². The molecule has 0 aromatic rings. The summed E-state index contributed by atoms with van der Waals surface area (Å²) in [6, 6.07) is 1.31. The highest BCUT2D eigenvalue weighted by Crippen LogP contribution is 2.58. The zero-order valence-electron chi connectivity index (χ0n) is 14.1. The van der Waals surface area contributed by atoms with E-state index in [1.807, 2.05) is 0 Å². The van der Waals surface area contributed by atoms with Gasteiger partial charge in [-0.1, -0.05) is 0 Å². The van der Waals surface area contributed by atoms with Gasteiger partial charge in [0.05, 0.1) is 11.2 Å². The molecule has 0 heterocycles. The molecule has 23 heavy (non-hydrogen) atoms. The van der Waals surface area contributed by atoms with Crippen LogP contribution in [-0.2, 0) is 0 Å². The molecule has 0 saturated heterocycles. The van der Waals surface area contributed by atoms with E-state index in [9.17, 15) is 10.2 Å². The van der Waals surface area contributed by atoms with E-state index < -0.39 is 0 Å². The molecule has 8 aliphatic carbocycles. The lowest BCUT2D eigenvalue weighted by Crippen LogP contribution is -2.67. The third-order valence-electron chi connectivity index (χ3n) is 8.87. The molecule has 0 aromatic heterocycles.